The number of sulfonamides is 1. The lowest BCUT2D eigenvalue weighted by molar-refractivity contribution is -0.125. The molecule has 1 aromatic heterocycles. The zero-order valence-corrected chi connectivity index (χ0v) is 17.4. The Balaban J connectivity index is 1.81. The maximum absolute atomic E-state index is 13.0. The predicted octanol–water partition coefficient (Wildman–Crippen LogP) is 2.69. The summed E-state index contributed by atoms with van der Waals surface area (Å²) in [5.74, 6) is -0.0516. The van der Waals surface area contributed by atoms with Crippen LogP contribution in [0.4, 0.5) is 0 Å². The molecule has 0 spiro atoms. The molecule has 3 rings (SSSR count). The van der Waals surface area contributed by atoms with Crippen LogP contribution < -0.4 is 10.0 Å². The first-order chi connectivity index (χ1) is 12.8. The number of nitrogens with zero attached hydrogens (tertiary/aromatic N) is 2. The molecule has 0 saturated heterocycles. The summed E-state index contributed by atoms with van der Waals surface area (Å²) in [4.78, 5) is 12.9. The highest BCUT2D eigenvalue weighted by Gasteiger charge is 2.32. The van der Waals surface area contributed by atoms with E-state index >= 15 is 0 Å². The maximum atomic E-state index is 13.0. The largest absolute Gasteiger partial charge is 0.352 e. The lowest BCUT2D eigenvalue weighted by Crippen LogP contribution is -2.53. The van der Waals surface area contributed by atoms with Crippen LogP contribution in [0.5, 0.6) is 0 Å². The quantitative estimate of drug-likeness (QED) is 0.762. The van der Waals surface area contributed by atoms with E-state index < -0.39 is 16.1 Å². The Morgan fingerprint density at radius 1 is 1.22 bits per heavy atom. The number of aromatic nitrogens is 2. The molecule has 1 heterocycles. The minimum Gasteiger partial charge on any atom is -0.352 e. The van der Waals surface area contributed by atoms with E-state index in [0.717, 1.165) is 31.0 Å². The summed E-state index contributed by atoms with van der Waals surface area (Å²) >= 11 is 0.967. The molecule has 148 valence electrons. The van der Waals surface area contributed by atoms with Crippen LogP contribution >= 0.6 is 11.7 Å². The Hall–Kier alpha value is -1.58. The van der Waals surface area contributed by atoms with Crippen LogP contribution in [-0.4, -0.2) is 35.2 Å². The van der Waals surface area contributed by atoms with Crippen LogP contribution in [-0.2, 0) is 14.8 Å². The number of rotatable bonds is 6. The maximum Gasteiger partial charge on any atom is 0.243 e. The van der Waals surface area contributed by atoms with Gasteiger partial charge in [-0.15, -0.1) is 0 Å². The molecule has 1 aliphatic rings. The minimum atomic E-state index is -3.91. The second kappa shape index (κ2) is 8.20. The molecule has 1 fully saturated rings. The van der Waals surface area contributed by atoms with Crippen LogP contribution in [0.2, 0.25) is 0 Å². The van der Waals surface area contributed by atoms with Gasteiger partial charge in [-0.3, -0.25) is 4.79 Å². The lowest BCUT2D eigenvalue weighted by Gasteiger charge is -2.31. The molecular weight excluding hydrogens is 384 g/mol. The molecule has 27 heavy (non-hydrogen) atoms. The molecule has 0 aliphatic heterocycles. The minimum absolute atomic E-state index is 0.0539. The monoisotopic (exact) mass is 410 g/mol. The third kappa shape index (κ3) is 4.47. The highest BCUT2D eigenvalue weighted by molar-refractivity contribution is 7.89. The van der Waals surface area contributed by atoms with E-state index in [0.29, 0.717) is 17.0 Å². The number of hydrogen-bond donors (Lipinski definition) is 2. The summed E-state index contributed by atoms with van der Waals surface area (Å²) in [5.41, 5.74) is 0.864. The molecule has 1 aliphatic carbocycles. The van der Waals surface area contributed by atoms with Gasteiger partial charge in [0.2, 0.25) is 15.9 Å². The summed E-state index contributed by atoms with van der Waals surface area (Å²) in [6.07, 6.45) is 4.29. The van der Waals surface area contributed by atoms with Crippen molar-refractivity contribution < 1.29 is 13.2 Å². The number of carbonyl (C=O) groups excluding carboxylic acids is 1. The first kappa shape index (κ1) is 20.2. The number of amides is 1. The topological polar surface area (TPSA) is 101 Å². The smallest absolute Gasteiger partial charge is 0.243 e. The van der Waals surface area contributed by atoms with Gasteiger partial charge in [0.15, 0.2) is 0 Å². The highest BCUT2D eigenvalue weighted by atomic mass is 32.2. The van der Waals surface area contributed by atoms with Gasteiger partial charge in [0.05, 0.1) is 11.7 Å². The van der Waals surface area contributed by atoms with Crippen LogP contribution in [0.25, 0.3) is 11.0 Å². The number of fused-ring (bicyclic) bond motifs is 1. The number of nitrogens with one attached hydrogen (secondary N) is 2. The Bertz CT molecular complexity index is 910. The van der Waals surface area contributed by atoms with Crippen molar-refractivity contribution in [2.75, 3.05) is 0 Å². The van der Waals surface area contributed by atoms with Gasteiger partial charge in [-0.25, -0.2) is 8.42 Å². The van der Waals surface area contributed by atoms with E-state index in [4.69, 9.17) is 0 Å². The van der Waals surface area contributed by atoms with Gasteiger partial charge in [0.25, 0.3) is 0 Å². The van der Waals surface area contributed by atoms with Crippen molar-refractivity contribution in [2.24, 2.45) is 11.8 Å². The number of carbonyl (C=O) groups is 1. The average molecular weight is 411 g/mol. The summed E-state index contributed by atoms with van der Waals surface area (Å²) in [5, 5.41) is 3.06. The molecule has 7 nitrogen and oxygen atoms in total. The van der Waals surface area contributed by atoms with Gasteiger partial charge in [0, 0.05) is 6.04 Å². The molecular formula is C18H26N4O3S2. The van der Waals surface area contributed by atoms with E-state index in [9.17, 15) is 13.2 Å². The molecule has 3 atom stereocenters. The molecule has 0 unspecified atom stereocenters. The van der Waals surface area contributed by atoms with E-state index in [1.54, 1.807) is 12.1 Å². The second-order valence-electron chi connectivity index (χ2n) is 7.61. The summed E-state index contributed by atoms with van der Waals surface area (Å²) in [7, 11) is -3.91. The fourth-order valence-electron chi connectivity index (χ4n) is 3.52. The highest BCUT2D eigenvalue weighted by Crippen LogP contribution is 2.25. The van der Waals surface area contributed by atoms with Crippen molar-refractivity contribution in [3.63, 3.8) is 0 Å². The third-order valence-corrected chi connectivity index (χ3v) is 7.22. The van der Waals surface area contributed by atoms with E-state index in [1.807, 2.05) is 13.8 Å². The zero-order valence-electron chi connectivity index (χ0n) is 15.8. The first-order valence-electron chi connectivity index (χ1n) is 9.33. The van der Waals surface area contributed by atoms with Crippen LogP contribution in [0.15, 0.2) is 23.1 Å². The molecule has 2 aromatic rings. The fraction of sp³-hybridized carbons (Fsp3) is 0.611. The van der Waals surface area contributed by atoms with E-state index in [1.165, 1.54) is 12.5 Å². The summed E-state index contributed by atoms with van der Waals surface area (Å²) in [6.45, 7) is 5.80. The van der Waals surface area contributed by atoms with Gasteiger partial charge in [0.1, 0.15) is 22.0 Å². The Morgan fingerprint density at radius 3 is 2.67 bits per heavy atom. The molecule has 9 heteroatoms. The number of benzene rings is 1. The van der Waals surface area contributed by atoms with Crippen molar-refractivity contribution in [1.29, 1.82) is 0 Å². The standard InChI is InChI=1S/C18H26N4O3S2/c1-11(2)16(18(23)19-13-8-5-4-7-12(13)3)22-27(24,25)15-10-6-9-14-17(15)21-26-20-14/h6,9-13,16,22H,4-5,7-8H2,1-3H3,(H,19,23)/t12-,13-,16-/m0/s1. The Labute approximate surface area is 164 Å². The normalized spacial score (nSPS) is 22.1. The Kier molecular flexibility index (Phi) is 6.12. The van der Waals surface area contributed by atoms with E-state index in [2.05, 4.69) is 25.7 Å². The van der Waals surface area contributed by atoms with Crippen LogP contribution in [0.1, 0.15) is 46.5 Å². The van der Waals surface area contributed by atoms with Gasteiger partial charge >= 0.3 is 0 Å². The second-order valence-corrected chi connectivity index (χ2v) is 9.82. The van der Waals surface area contributed by atoms with Crippen molar-refractivity contribution >= 4 is 38.7 Å². The molecule has 0 bridgehead atoms. The van der Waals surface area contributed by atoms with Gasteiger partial charge in [-0.1, -0.05) is 39.7 Å². The van der Waals surface area contributed by atoms with Crippen molar-refractivity contribution in [3.05, 3.63) is 18.2 Å². The zero-order chi connectivity index (χ0) is 19.6. The first-order valence-corrected chi connectivity index (χ1v) is 11.5. The fourth-order valence-corrected chi connectivity index (χ4v) is 5.63. The van der Waals surface area contributed by atoms with Gasteiger partial charge < -0.3 is 5.32 Å². The van der Waals surface area contributed by atoms with Crippen LogP contribution in [0.3, 0.4) is 0 Å². The third-order valence-electron chi connectivity index (χ3n) is 5.21. The van der Waals surface area contributed by atoms with Crippen molar-refractivity contribution in [2.45, 2.75) is 63.4 Å². The van der Waals surface area contributed by atoms with E-state index in [-0.39, 0.29) is 22.8 Å². The Morgan fingerprint density at radius 2 is 1.96 bits per heavy atom. The molecule has 1 amide bonds. The van der Waals surface area contributed by atoms with Gasteiger partial charge in [-0.2, -0.15) is 13.5 Å². The molecule has 0 radical (unpaired) electrons. The molecule has 1 aromatic carbocycles. The van der Waals surface area contributed by atoms with Crippen molar-refractivity contribution in [3.8, 4) is 0 Å². The van der Waals surface area contributed by atoms with Crippen LogP contribution in [0, 0.1) is 11.8 Å². The molecule has 1 saturated carbocycles. The SMILES string of the molecule is CC(C)[C@H](NS(=O)(=O)c1cccc2nsnc12)C(=O)N[C@H]1CCCC[C@@H]1C. The lowest BCUT2D eigenvalue weighted by atomic mass is 9.85. The average Bonchev–Trinajstić information content (AvgIpc) is 3.10. The molecule has 2 N–H and O–H groups in total. The van der Waals surface area contributed by atoms with Crippen molar-refractivity contribution in [1.82, 2.24) is 18.8 Å². The summed E-state index contributed by atoms with van der Waals surface area (Å²) in [6, 6.07) is 4.10. The predicted molar refractivity (Wildman–Crippen MR) is 106 cm³/mol. The number of hydrogen-bond acceptors (Lipinski definition) is 6. The summed E-state index contributed by atoms with van der Waals surface area (Å²) < 4.78 is 36.7. The van der Waals surface area contributed by atoms with Gasteiger partial charge in [-0.05, 0) is 36.8 Å².